The van der Waals surface area contributed by atoms with Crippen molar-refractivity contribution in [3.8, 4) is 0 Å². The lowest BCUT2D eigenvalue weighted by Crippen LogP contribution is -2.45. The zero-order valence-electron chi connectivity index (χ0n) is 18.0. The van der Waals surface area contributed by atoms with Crippen molar-refractivity contribution in [1.29, 1.82) is 0 Å². The molecule has 1 fully saturated rings. The number of carbonyl (C=O) groups is 1. The average molecular weight is 410 g/mol. The zero-order chi connectivity index (χ0) is 21.0. The number of rotatable bonds is 9. The fourth-order valence-corrected chi connectivity index (χ4v) is 6.11. The first-order valence-electron chi connectivity index (χ1n) is 10.7. The zero-order valence-corrected chi connectivity index (χ0v) is 19.0. The van der Waals surface area contributed by atoms with Crippen molar-refractivity contribution < 1.29 is 14.3 Å². The van der Waals surface area contributed by atoms with Gasteiger partial charge >= 0.3 is 5.97 Å². The Labute approximate surface area is 176 Å². The number of benzene rings is 2. The van der Waals surface area contributed by atoms with Gasteiger partial charge in [0, 0.05) is 13.0 Å². The molecule has 0 heterocycles. The van der Waals surface area contributed by atoms with Crippen LogP contribution in [0.15, 0.2) is 54.6 Å². The third kappa shape index (κ3) is 5.80. The van der Waals surface area contributed by atoms with Crippen molar-refractivity contribution in [3.05, 3.63) is 60.2 Å². The molecule has 0 spiro atoms. The molecule has 1 unspecified atom stereocenters. The second-order valence-corrected chi connectivity index (χ2v) is 11.4. The van der Waals surface area contributed by atoms with Gasteiger partial charge in [-0.05, 0) is 45.5 Å². The fourth-order valence-electron chi connectivity index (χ4n) is 4.10. The van der Waals surface area contributed by atoms with E-state index < -0.39 is 15.0 Å². The monoisotopic (exact) mass is 409 g/mol. The van der Waals surface area contributed by atoms with Gasteiger partial charge in [-0.25, -0.2) is 0 Å². The van der Waals surface area contributed by atoms with E-state index in [1.165, 1.54) is 15.9 Å². The molecule has 1 radical (unpaired) electrons. The summed E-state index contributed by atoms with van der Waals surface area (Å²) in [5, 5.41) is 11.7. The van der Waals surface area contributed by atoms with Crippen LogP contribution in [0.1, 0.15) is 52.5 Å². The van der Waals surface area contributed by atoms with E-state index >= 15 is 0 Å². The molecular formula is C25H33O3Si. The molecule has 155 valence electrons. The Balaban J connectivity index is 1.70. The Bertz CT molecular complexity index is 795. The lowest BCUT2D eigenvalue weighted by atomic mass is 9.87. The standard InChI is InChI=1S/C25H33O3Si/c1-5-18(16-24(26)27)23-15-19(23)17-28-29(21-9-7-6-8-10-21)22-13-11-20(12-14-22)25(2,3)4/h6-14,18-19,23H,5,15-17H2,1-4H3,(H,26,27)/t18?,19-,23+/m1/s1. The normalized spacial score (nSPS) is 19.9. The minimum Gasteiger partial charge on any atom is -0.481 e. The number of aliphatic carboxylic acids is 1. The van der Waals surface area contributed by atoms with E-state index in [0.717, 1.165) is 19.4 Å². The van der Waals surface area contributed by atoms with Gasteiger partial charge in [0.05, 0.1) is 0 Å². The van der Waals surface area contributed by atoms with Crippen LogP contribution in [-0.2, 0) is 14.6 Å². The number of hydrogen-bond acceptors (Lipinski definition) is 2. The summed E-state index contributed by atoms with van der Waals surface area (Å²) in [5.41, 5.74) is 1.47. The summed E-state index contributed by atoms with van der Waals surface area (Å²) in [5.74, 6) is 0.589. The molecule has 29 heavy (non-hydrogen) atoms. The Morgan fingerprint density at radius 3 is 2.28 bits per heavy atom. The second kappa shape index (κ2) is 9.27. The van der Waals surface area contributed by atoms with Crippen LogP contribution in [0, 0.1) is 17.8 Å². The Morgan fingerprint density at radius 1 is 1.10 bits per heavy atom. The summed E-state index contributed by atoms with van der Waals surface area (Å²) in [6.45, 7) is 9.52. The molecule has 0 saturated heterocycles. The molecule has 3 nitrogen and oxygen atoms in total. The van der Waals surface area contributed by atoms with E-state index in [1.807, 2.05) is 6.07 Å². The van der Waals surface area contributed by atoms with Gasteiger partial charge in [-0.15, -0.1) is 0 Å². The molecule has 0 aromatic heterocycles. The van der Waals surface area contributed by atoms with Gasteiger partial charge in [0.2, 0.25) is 0 Å². The molecule has 1 aliphatic carbocycles. The summed E-state index contributed by atoms with van der Waals surface area (Å²) in [6, 6.07) is 19.4. The molecule has 3 atom stereocenters. The third-order valence-electron chi connectivity index (χ3n) is 6.03. The molecule has 1 aliphatic rings. The van der Waals surface area contributed by atoms with Gasteiger partial charge in [-0.3, -0.25) is 4.79 Å². The highest BCUT2D eigenvalue weighted by Crippen LogP contribution is 2.47. The van der Waals surface area contributed by atoms with Gasteiger partial charge in [-0.2, -0.15) is 0 Å². The molecule has 0 bridgehead atoms. The van der Waals surface area contributed by atoms with Crippen LogP contribution >= 0.6 is 0 Å². The summed E-state index contributed by atoms with van der Waals surface area (Å²) < 4.78 is 6.55. The molecule has 2 aromatic carbocycles. The summed E-state index contributed by atoms with van der Waals surface area (Å²) >= 11 is 0. The molecule has 1 N–H and O–H groups in total. The van der Waals surface area contributed by atoms with E-state index in [-0.39, 0.29) is 17.8 Å². The molecule has 0 aliphatic heterocycles. The second-order valence-electron chi connectivity index (χ2n) is 9.26. The Hall–Kier alpha value is -1.91. The van der Waals surface area contributed by atoms with E-state index in [2.05, 4.69) is 76.2 Å². The first kappa shape index (κ1) is 21.8. The molecule has 0 amide bonds. The Kier molecular flexibility index (Phi) is 6.96. The van der Waals surface area contributed by atoms with Crippen LogP contribution in [0.3, 0.4) is 0 Å². The van der Waals surface area contributed by atoms with Crippen LogP contribution in [0.2, 0.25) is 0 Å². The fraction of sp³-hybridized carbons (Fsp3) is 0.480. The number of hydrogen-bond donors (Lipinski definition) is 1. The quantitative estimate of drug-likeness (QED) is 0.630. The van der Waals surface area contributed by atoms with Crippen molar-refractivity contribution in [2.75, 3.05) is 6.61 Å². The van der Waals surface area contributed by atoms with Crippen LogP contribution < -0.4 is 10.4 Å². The summed E-state index contributed by atoms with van der Waals surface area (Å²) in [7, 11) is -1.31. The van der Waals surface area contributed by atoms with Crippen LogP contribution in [0.5, 0.6) is 0 Å². The molecule has 3 rings (SSSR count). The minimum atomic E-state index is -1.31. The van der Waals surface area contributed by atoms with Gasteiger partial charge in [0.1, 0.15) is 0 Å². The average Bonchev–Trinajstić information content (AvgIpc) is 3.46. The molecule has 2 aromatic rings. The third-order valence-corrected chi connectivity index (χ3v) is 8.21. The molecular weight excluding hydrogens is 376 g/mol. The van der Waals surface area contributed by atoms with Crippen molar-refractivity contribution >= 4 is 25.4 Å². The highest BCUT2D eigenvalue weighted by Gasteiger charge is 2.43. The summed E-state index contributed by atoms with van der Waals surface area (Å²) in [6.07, 6.45) is 2.30. The maximum absolute atomic E-state index is 11.1. The van der Waals surface area contributed by atoms with Gasteiger partial charge in [-0.1, -0.05) is 88.7 Å². The van der Waals surface area contributed by atoms with Crippen LogP contribution in [0.25, 0.3) is 0 Å². The maximum atomic E-state index is 11.1. The smallest absolute Gasteiger partial charge is 0.303 e. The Morgan fingerprint density at radius 2 is 1.72 bits per heavy atom. The maximum Gasteiger partial charge on any atom is 0.303 e. The van der Waals surface area contributed by atoms with E-state index in [4.69, 9.17) is 9.53 Å². The number of carboxylic acids is 1. The SMILES string of the molecule is CCC(CC(=O)O)[C@@H]1C[C@@H]1CO[Si](c1ccccc1)c1ccc(C(C)(C)C)cc1. The van der Waals surface area contributed by atoms with Gasteiger partial charge in [0.25, 0.3) is 9.04 Å². The predicted octanol–water partition coefficient (Wildman–Crippen LogP) is 4.24. The first-order chi connectivity index (χ1) is 13.8. The lowest BCUT2D eigenvalue weighted by Gasteiger charge is -2.21. The summed E-state index contributed by atoms with van der Waals surface area (Å²) in [4.78, 5) is 11.1. The van der Waals surface area contributed by atoms with Gasteiger partial charge in [0.15, 0.2) is 0 Å². The van der Waals surface area contributed by atoms with Crippen LogP contribution in [0.4, 0.5) is 0 Å². The topological polar surface area (TPSA) is 46.5 Å². The molecule has 1 saturated carbocycles. The van der Waals surface area contributed by atoms with Crippen LogP contribution in [-0.4, -0.2) is 26.7 Å². The highest BCUT2D eigenvalue weighted by atomic mass is 28.3. The number of carboxylic acid groups (broad SMARTS) is 1. The van der Waals surface area contributed by atoms with Crippen molar-refractivity contribution in [2.24, 2.45) is 17.8 Å². The lowest BCUT2D eigenvalue weighted by molar-refractivity contribution is -0.138. The van der Waals surface area contributed by atoms with Crippen molar-refractivity contribution in [1.82, 2.24) is 0 Å². The molecule has 4 heteroatoms. The van der Waals surface area contributed by atoms with Gasteiger partial charge < -0.3 is 9.53 Å². The van der Waals surface area contributed by atoms with Crippen molar-refractivity contribution in [3.63, 3.8) is 0 Å². The van der Waals surface area contributed by atoms with Crippen molar-refractivity contribution in [2.45, 2.75) is 52.4 Å². The predicted molar refractivity (Wildman–Crippen MR) is 120 cm³/mol. The van der Waals surface area contributed by atoms with E-state index in [0.29, 0.717) is 11.8 Å². The van der Waals surface area contributed by atoms with E-state index in [9.17, 15) is 4.79 Å². The van der Waals surface area contributed by atoms with E-state index in [1.54, 1.807) is 0 Å². The first-order valence-corrected chi connectivity index (χ1v) is 12.1. The minimum absolute atomic E-state index is 0.138. The highest BCUT2D eigenvalue weighted by molar-refractivity contribution is 6.80. The largest absolute Gasteiger partial charge is 0.481 e.